The maximum Gasteiger partial charge on any atom is 0.155 e. The second-order valence-corrected chi connectivity index (χ2v) is 9.61. The van der Waals surface area contributed by atoms with Crippen LogP contribution >= 0.6 is 11.6 Å². The summed E-state index contributed by atoms with van der Waals surface area (Å²) < 4.78 is 5.87. The van der Waals surface area contributed by atoms with Crippen molar-refractivity contribution in [2.24, 2.45) is 11.3 Å². The molecular weight excluding hydrogens is 366 g/mol. The van der Waals surface area contributed by atoms with Gasteiger partial charge in [0, 0.05) is 23.4 Å². The standard InChI is InChI=1S/C25H36ClNO/c1-9-10-19(13-11-16(2)3)24(25(6,7)8)27-21-15-18(5)28-23-20(21)14-12-17(4)22(23)26/h12,14-15,19,24,27H,2,5,9-11,13H2,1,3-4,6-8H3/t19?,24-/m1/s1. The Morgan fingerprint density at radius 1 is 1.25 bits per heavy atom. The van der Waals surface area contributed by atoms with Gasteiger partial charge in [0.2, 0.25) is 0 Å². The Kier molecular flexibility index (Phi) is 7.45. The summed E-state index contributed by atoms with van der Waals surface area (Å²) in [5.74, 6) is 1.88. The van der Waals surface area contributed by atoms with Gasteiger partial charge in [0.05, 0.1) is 5.02 Å². The van der Waals surface area contributed by atoms with Crippen LogP contribution in [0.5, 0.6) is 5.75 Å². The van der Waals surface area contributed by atoms with Crippen LogP contribution in [-0.4, -0.2) is 6.04 Å². The van der Waals surface area contributed by atoms with Crippen LogP contribution in [0, 0.1) is 18.3 Å². The largest absolute Gasteiger partial charge is 0.456 e. The van der Waals surface area contributed by atoms with Crippen molar-refractivity contribution in [1.29, 1.82) is 0 Å². The van der Waals surface area contributed by atoms with Gasteiger partial charge in [0.25, 0.3) is 0 Å². The first-order valence-corrected chi connectivity index (χ1v) is 10.7. The molecule has 2 nitrogen and oxygen atoms in total. The second-order valence-electron chi connectivity index (χ2n) is 9.23. The molecule has 0 saturated carbocycles. The van der Waals surface area contributed by atoms with E-state index in [0.29, 0.717) is 28.5 Å². The molecule has 0 bridgehead atoms. The second kappa shape index (κ2) is 9.22. The topological polar surface area (TPSA) is 21.3 Å². The molecule has 0 aliphatic carbocycles. The van der Waals surface area contributed by atoms with Crippen LogP contribution in [0.4, 0.5) is 0 Å². The monoisotopic (exact) mass is 401 g/mol. The Balaban J connectivity index is 2.40. The first-order chi connectivity index (χ1) is 13.0. The number of halogens is 1. The molecule has 1 aliphatic heterocycles. The van der Waals surface area contributed by atoms with Crippen molar-refractivity contribution in [2.75, 3.05) is 0 Å². The number of nitrogens with one attached hydrogen (secondary N) is 1. The van der Waals surface area contributed by atoms with E-state index in [1.807, 2.05) is 19.1 Å². The number of hydrogen-bond acceptors (Lipinski definition) is 2. The van der Waals surface area contributed by atoms with E-state index < -0.39 is 0 Å². The molecule has 3 heteroatoms. The van der Waals surface area contributed by atoms with E-state index in [9.17, 15) is 0 Å². The molecule has 2 atom stereocenters. The van der Waals surface area contributed by atoms with Crippen molar-refractivity contribution in [3.63, 3.8) is 0 Å². The molecule has 0 spiro atoms. The Labute approximate surface area is 176 Å². The molecule has 2 rings (SSSR count). The normalized spacial score (nSPS) is 16.0. The van der Waals surface area contributed by atoms with E-state index in [1.54, 1.807) is 0 Å². The Hall–Kier alpha value is -1.67. The number of benzene rings is 1. The number of aryl methyl sites for hydroxylation is 1. The molecule has 1 aromatic carbocycles. The molecule has 1 heterocycles. The number of allylic oxidation sites excluding steroid dienone is 2. The predicted octanol–water partition coefficient (Wildman–Crippen LogP) is 7.67. The van der Waals surface area contributed by atoms with Gasteiger partial charge in [0.1, 0.15) is 5.76 Å². The van der Waals surface area contributed by atoms with E-state index in [0.717, 1.165) is 29.7 Å². The highest BCUT2D eigenvalue weighted by Gasteiger charge is 2.33. The highest BCUT2D eigenvalue weighted by molar-refractivity contribution is 6.33. The minimum absolute atomic E-state index is 0.101. The molecule has 0 saturated heterocycles. The average molecular weight is 402 g/mol. The molecule has 1 aromatic rings. The molecule has 0 fully saturated rings. The summed E-state index contributed by atoms with van der Waals surface area (Å²) in [7, 11) is 0. The lowest BCUT2D eigenvalue weighted by molar-refractivity contribution is 0.193. The number of rotatable bonds is 8. The van der Waals surface area contributed by atoms with E-state index in [2.05, 4.69) is 59.2 Å². The molecular formula is C25H36ClNO. The summed E-state index contributed by atoms with van der Waals surface area (Å²) >= 11 is 6.53. The Morgan fingerprint density at radius 2 is 1.93 bits per heavy atom. The van der Waals surface area contributed by atoms with Gasteiger partial charge < -0.3 is 10.1 Å². The van der Waals surface area contributed by atoms with Crippen LogP contribution in [0.1, 0.15) is 71.4 Å². The van der Waals surface area contributed by atoms with Crippen LogP contribution in [-0.2, 0) is 0 Å². The molecule has 1 N–H and O–H groups in total. The fourth-order valence-corrected chi connectivity index (χ4v) is 4.18. The molecule has 0 aromatic heterocycles. The number of fused-ring (bicyclic) bond motifs is 1. The number of hydrogen-bond donors (Lipinski definition) is 1. The zero-order valence-electron chi connectivity index (χ0n) is 18.4. The zero-order valence-corrected chi connectivity index (χ0v) is 19.2. The van der Waals surface area contributed by atoms with Crippen LogP contribution in [0.3, 0.4) is 0 Å². The van der Waals surface area contributed by atoms with E-state index in [4.69, 9.17) is 16.3 Å². The molecule has 0 radical (unpaired) electrons. The highest BCUT2D eigenvalue weighted by atomic mass is 35.5. The maximum absolute atomic E-state index is 6.53. The minimum atomic E-state index is 0.101. The maximum atomic E-state index is 6.53. The Bertz CT molecular complexity index is 769. The third-order valence-electron chi connectivity index (χ3n) is 5.44. The van der Waals surface area contributed by atoms with Crippen LogP contribution in [0.15, 0.2) is 42.7 Å². The van der Waals surface area contributed by atoms with Crippen LogP contribution in [0.2, 0.25) is 5.02 Å². The highest BCUT2D eigenvalue weighted by Crippen LogP contribution is 2.41. The van der Waals surface area contributed by atoms with Gasteiger partial charge in [-0.1, -0.05) is 63.9 Å². The smallest absolute Gasteiger partial charge is 0.155 e. The summed E-state index contributed by atoms with van der Waals surface area (Å²) in [4.78, 5) is 0. The average Bonchev–Trinajstić information content (AvgIpc) is 2.59. The SMILES string of the molecule is C=C(C)CCC(CCC)[C@@H](NC1=CC(=C)Oc2c1ccc(C)c2Cl)C(C)(C)C. The lowest BCUT2D eigenvalue weighted by Crippen LogP contribution is -2.45. The molecule has 0 amide bonds. The summed E-state index contributed by atoms with van der Waals surface area (Å²) in [6.45, 7) is 21.5. The quantitative estimate of drug-likeness (QED) is 0.451. The first kappa shape index (κ1) is 22.6. The zero-order chi connectivity index (χ0) is 21.1. The van der Waals surface area contributed by atoms with Gasteiger partial charge in [-0.25, -0.2) is 0 Å². The van der Waals surface area contributed by atoms with Gasteiger partial charge in [-0.15, -0.1) is 6.58 Å². The third-order valence-corrected chi connectivity index (χ3v) is 5.91. The van der Waals surface area contributed by atoms with Gasteiger partial charge >= 0.3 is 0 Å². The Morgan fingerprint density at radius 3 is 2.50 bits per heavy atom. The van der Waals surface area contributed by atoms with Gasteiger partial charge in [-0.2, -0.15) is 0 Å². The van der Waals surface area contributed by atoms with Crippen LogP contribution in [0.25, 0.3) is 5.70 Å². The van der Waals surface area contributed by atoms with Crippen molar-refractivity contribution >= 4 is 17.3 Å². The van der Waals surface area contributed by atoms with Crippen molar-refractivity contribution in [3.8, 4) is 5.75 Å². The summed E-state index contributed by atoms with van der Waals surface area (Å²) in [6.07, 6.45) is 6.56. The van der Waals surface area contributed by atoms with Crippen molar-refractivity contribution < 1.29 is 4.74 Å². The summed E-state index contributed by atoms with van der Waals surface area (Å²) in [6, 6.07) is 4.45. The van der Waals surface area contributed by atoms with Crippen molar-refractivity contribution in [2.45, 2.75) is 73.3 Å². The molecule has 1 aliphatic rings. The number of ether oxygens (including phenoxy) is 1. The van der Waals surface area contributed by atoms with Gasteiger partial charge in [0.15, 0.2) is 5.75 Å². The van der Waals surface area contributed by atoms with Crippen molar-refractivity contribution in [1.82, 2.24) is 5.32 Å². The lowest BCUT2D eigenvalue weighted by Gasteiger charge is -2.40. The fourth-order valence-electron chi connectivity index (χ4n) is 3.97. The van der Waals surface area contributed by atoms with Gasteiger partial charge in [-0.3, -0.25) is 0 Å². The molecule has 28 heavy (non-hydrogen) atoms. The summed E-state index contributed by atoms with van der Waals surface area (Å²) in [5, 5.41) is 4.53. The molecule has 1 unspecified atom stereocenters. The molecule has 154 valence electrons. The third kappa shape index (κ3) is 5.44. The van der Waals surface area contributed by atoms with E-state index in [1.165, 1.54) is 18.4 Å². The predicted molar refractivity (Wildman–Crippen MR) is 123 cm³/mol. The summed E-state index contributed by atoms with van der Waals surface area (Å²) in [5.41, 5.74) is 4.41. The minimum Gasteiger partial charge on any atom is -0.456 e. The van der Waals surface area contributed by atoms with E-state index >= 15 is 0 Å². The van der Waals surface area contributed by atoms with Gasteiger partial charge in [-0.05, 0) is 56.1 Å². The van der Waals surface area contributed by atoms with Crippen molar-refractivity contribution in [3.05, 3.63) is 58.8 Å². The fraction of sp³-hybridized carbons (Fsp3) is 0.520. The first-order valence-electron chi connectivity index (χ1n) is 10.3. The van der Waals surface area contributed by atoms with Crippen LogP contribution < -0.4 is 10.1 Å². The lowest BCUT2D eigenvalue weighted by atomic mass is 9.74. The van der Waals surface area contributed by atoms with E-state index in [-0.39, 0.29) is 5.41 Å².